The molecule has 1 aromatic heterocycles. The monoisotopic (exact) mass is 475 g/mol. The van der Waals surface area contributed by atoms with Gasteiger partial charge in [0.2, 0.25) is 11.8 Å². The number of nitrogens with one attached hydrogen (secondary N) is 1. The zero-order valence-corrected chi connectivity index (χ0v) is 20.8. The molecular weight excluding hydrogens is 446 g/mol. The molecule has 2 aromatic rings. The molecule has 1 saturated heterocycles. The number of thioether (sulfide) groups is 1. The van der Waals surface area contributed by atoms with Crippen molar-refractivity contribution in [3.05, 3.63) is 40.5 Å². The third kappa shape index (κ3) is 6.36. The van der Waals surface area contributed by atoms with Crippen molar-refractivity contribution in [2.75, 3.05) is 42.1 Å². The number of aryl methyl sites for hydroxylation is 2. The van der Waals surface area contributed by atoms with E-state index in [0.29, 0.717) is 42.3 Å². The molecule has 9 heteroatoms. The lowest BCUT2D eigenvalue weighted by Gasteiger charge is -2.38. The minimum absolute atomic E-state index is 0.127. The first-order valence-electron chi connectivity index (χ1n) is 10.6. The van der Waals surface area contributed by atoms with Gasteiger partial charge in [-0.15, -0.1) is 0 Å². The summed E-state index contributed by atoms with van der Waals surface area (Å²) in [7, 11) is 0. The molecule has 0 saturated carbocycles. The van der Waals surface area contributed by atoms with E-state index in [1.165, 1.54) is 17.3 Å². The number of hydrogen-bond acceptors (Lipinski definition) is 6. The fourth-order valence-electron chi connectivity index (χ4n) is 3.37. The minimum Gasteiger partial charge on any atom is -0.353 e. The van der Waals surface area contributed by atoms with Crippen LogP contribution in [0.3, 0.4) is 0 Å². The number of rotatable bonds is 5. The van der Waals surface area contributed by atoms with E-state index in [0.717, 1.165) is 11.3 Å². The van der Waals surface area contributed by atoms with Gasteiger partial charge in [0.25, 0.3) is 0 Å². The van der Waals surface area contributed by atoms with Gasteiger partial charge in [0, 0.05) is 43.3 Å². The van der Waals surface area contributed by atoms with Crippen LogP contribution in [0, 0.1) is 19.3 Å². The van der Waals surface area contributed by atoms with Crippen LogP contribution < -0.4 is 10.2 Å². The highest BCUT2D eigenvalue weighted by Gasteiger charge is 2.30. The Kier molecular flexibility index (Phi) is 7.67. The minimum atomic E-state index is -0.387. The summed E-state index contributed by atoms with van der Waals surface area (Å²) in [6.45, 7) is 12.5. The molecule has 0 bridgehead atoms. The van der Waals surface area contributed by atoms with Gasteiger partial charge in [-0.1, -0.05) is 50.2 Å². The summed E-state index contributed by atoms with van der Waals surface area (Å²) in [5.74, 6) is 0.923. The summed E-state index contributed by atoms with van der Waals surface area (Å²) in [5.41, 5.74) is 2.69. The maximum atomic E-state index is 12.5. The van der Waals surface area contributed by atoms with E-state index < -0.39 is 0 Å². The zero-order valence-electron chi connectivity index (χ0n) is 19.2. The van der Waals surface area contributed by atoms with Gasteiger partial charge in [-0.3, -0.25) is 9.59 Å². The fraction of sp³-hybridized carbons (Fsp3) is 0.478. The van der Waals surface area contributed by atoms with Crippen LogP contribution in [0.4, 0.5) is 11.5 Å². The maximum absolute atomic E-state index is 12.5. The lowest BCUT2D eigenvalue weighted by atomic mass is 9.94. The largest absolute Gasteiger partial charge is 0.353 e. The van der Waals surface area contributed by atoms with Gasteiger partial charge < -0.3 is 15.1 Å². The number of hydrogen-bond donors (Lipinski definition) is 1. The van der Waals surface area contributed by atoms with Crippen LogP contribution in [-0.4, -0.2) is 58.6 Å². The average Bonchev–Trinajstić information content (AvgIpc) is 2.73. The van der Waals surface area contributed by atoms with Crippen LogP contribution in [-0.2, 0) is 9.59 Å². The van der Waals surface area contributed by atoms with Gasteiger partial charge in [0.1, 0.15) is 11.0 Å². The fourth-order valence-corrected chi connectivity index (χ4v) is 4.25. The predicted octanol–water partition coefficient (Wildman–Crippen LogP) is 4.17. The number of nitrogens with zero attached hydrogens (tertiary/aromatic N) is 4. The summed E-state index contributed by atoms with van der Waals surface area (Å²) in [5, 5.41) is 3.69. The highest BCUT2D eigenvalue weighted by molar-refractivity contribution is 7.99. The molecule has 1 fully saturated rings. The van der Waals surface area contributed by atoms with Crippen LogP contribution >= 0.6 is 23.4 Å². The van der Waals surface area contributed by atoms with Gasteiger partial charge in [-0.05, 0) is 37.1 Å². The molecule has 7 nitrogen and oxygen atoms in total. The van der Waals surface area contributed by atoms with E-state index in [1.807, 2.05) is 57.7 Å². The van der Waals surface area contributed by atoms with E-state index in [2.05, 4.69) is 20.2 Å². The molecule has 0 aliphatic carbocycles. The second kappa shape index (κ2) is 10.1. The Morgan fingerprint density at radius 1 is 1.06 bits per heavy atom. The van der Waals surface area contributed by atoms with E-state index in [-0.39, 0.29) is 23.0 Å². The van der Waals surface area contributed by atoms with Crippen molar-refractivity contribution in [3.63, 3.8) is 0 Å². The third-order valence-electron chi connectivity index (χ3n) is 5.32. The number of carbonyl (C=O) groups excluding carboxylic acids is 2. The first-order chi connectivity index (χ1) is 15.0. The Morgan fingerprint density at radius 3 is 2.38 bits per heavy atom. The van der Waals surface area contributed by atoms with Crippen LogP contribution in [0.2, 0.25) is 5.15 Å². The Morgan fingerprint density at radius 2 is 1.75 bits per heavy atom. The smallest absolute Gasteiger partial charge is 0.234 e. The Labute approximate surface area is 198 Å². The van der Waals surface area contributed by atoms with Gasteiger partial charge in [-0.25, -0.2) is 9.97 Å². The van der Waals surface area contributed by atoms with E-state index >= 15 is 0 Å². The molecule has 2 amide bonds. The number of amides is 2. The van der Waals surface area contributed by atoms with Crippen molar-refractivity contribution in [3.8, 4) is 0 Å². The molecule has 1 aliphatic heterocycles. The second-order valence-corrected chi connectivity index (χ2v) is 10.3. The zero-order chi connectivity index (χ0) is 23.5. The first-order valence-corrected chi connectivity index (χ1v) is 12.0. The molecule has 1 aliphatic rings. The van der Waals surface area contributed by atoms with Crippen LogP contribution in [0.15, 0.2) is 29.4 Å². The van der Waals surface area contributed by atoms with E-state index in [9.17, 15) is 9.59 Å². The Balaban J connectivity index is 1.58. The SMILES string of the molecule is Cc1ccc(NC(=O)CSc2nc(Cl)cc(N3CCN(C(=O)C(C)(C)C)CC3)n2)cc1C. The highest BCUT2D eigenvalue weighted by atomic mass is 35.5. The predicted molar refractivity (Wildman–Crippen MR) is 131 cm³/mol. The van der Waals surface area contributed by atoms with E-state index in [4.69, 9.17) is 11.6 Å². The quantitative estimate of drug-likeness (QED) is 0.397. The van der Waals surface area contributed by atoms with Crippen molar-refractivity contribution in [2.45, 2.75) is 39.8 Å². The molecule has 0 radical (unpaired) electrons. The van der Waals surface area contributed by atoms with Crippen LogP contribution in [0.1, 0.15) is 31.9 Å². The lowest BCUT2D eigenvalue weighted by Crippen LogP contribution is -2.51. The number of carbonyl (C=O) groups is 2. The average molecular weight is 476 g/mol. The Bertz CT molecular complexity index is 1000. The van der Waals surface area contributed by atoms with Crippen LogP contribution in [0.5, 0.6) is 0 Å². The summed E-state index contributed by atoms with van der Waals surface area (Å²) < 4.78 is 0. The van der Waals surface area contributed by atoms with Crippen LogP contribution in [0.25, 0.3) is 0 Å². The molecule has 3 rings (SSSR count). The molecule has 0 spiro atoms. The highest BCUT2D eigenvalue weighted by Crippen LogP contribution is 2.25. The van der Waals surface area contributed by atoms with Gasteiger partial charge in [-0.2, -0.15) is 0 Å². The van der Waals surface area contributed by atoms with Gasteiger partial charge in [0.15, 0.2) is 5.16 Å². The topological polar surface area (TPSA) is 78.4 Å². The van der Waals surface area contributed by atoms with Gasteiger partial charge in [0.05, 0.1) is 5.75 Å². The van der Waals surface area contributed by atoms with Crippen molar-refractivity contribution >= 4 is 46.7 Å². The standard InChI is InChI=1S/C23H30ClN5O2S/c1-15-6-7-17(12-16(15)2)25-20(30)14-32-22-26-18(24)13-19(27-22)28-8-10-29(11-9-28)21(31)23(3,4)5/h6-7,12-13H,8-11,14H2,1-5H3,(H,25,30). The molecule has 32 heavy (non-hydrogen) atoms. The number of benzene rings is 1. The third-order valence-corrected chi connectivity index (χ3v) is 6.36. The molecule has 172 valence electrons. The molecule has 0 unspecified atom stereocenters. The number of piperazine rings is 1. The number of halogens is 1. The van der Waals surface area contributed by atoms with Crippen molar-refractivity contribution in [1.29, 1.82) is 0 Å². The number of anilines is 2. The lowest BCUT2D eigenvalue weighted by molar-refractivity contribution is -0.139. The molecule has 0 atom stereocenters. The normalized spacial score (nSPS) is 14.4. The van der Waals surface area contributed by atoms with Gasteiger partial charge >= 0.3 is 0 Å². The van der Waals surface area contributed by atoms with Crippen molar-refractivity contribution < 1.29 is 9.59 Å². The molecular formula is C23H30ClN5O2S. The summed E-state index contributed by atoms with van der Waals surface area (Å²) in [6.07, 6.45) is 0. The maximum Gasteiger partial charge on any atom is 0.234 e. The van der Waals surface area contributed by atoms with Crippen molar-refractivity contribution in [2.24, 2.45) is 5.41 Å². The van der Waals surface area contributed by atoms with Crippen molar-refractivity contribution in [1.82, 2.24) is 14.9 Å². The first kappa shape index (κ1) is 24.3. The second-order valence-electron chi connectivity index (χ2n) is 9.00. The Hall–Kier alpha value is -2.32. The van der Waals surface area contributed by atoms with E-state index in [1.54, 1.807) is 6.07 Å². The summed E-state index contributed by atoms with van der Waals surface area (Å²) in [4.78, 5) is 37.7. The number of aromatic nitrogens is 2. The summed E-state index contributed by atoms with van der Waals surface area (Å²) in [6, 6.07) is 7.56. The summed E-state index contributed by atoms with van der Waals surface area (Å²) >= 11 is 7.48. The molecule has 2 heterocycles. The molecule has 1 aromatic carbocycles. The molecule has 1 N–H and O–H groups in total.